The third kappa shape index (κ3) is 10.8. The second-order valence-electron chi connectivity index (χ2n) is 17.2. The van der Waals surface area contributed by atoms with Crippen molar-refractivity contribution in [3.8, 4) is 33.4 Å². The van der Waals surface area contributed by atoms with Crippen molar-refractivity contribution in [1.82, 2.24) is 0 Å². The third-order valence-corrected chi connectivity index (χ3v) is 13.6. The van der Waals surface area contributed by atoms with Crippen LogP contribution in [0.15, 0.2) is 115 Å². The molecule has 6 aromatic rings. The van der Waals surface area contributed by atoms with Crippen molar-refractivity contribution in [1.29, 1.82) is 0 Å². The van der Waals surface area contributed by atoms with Gasteiger partial charge in [0, 0.05) is 0 Å². The van der Waals surface area contributed by atoms with E-state index in [0.29, 0.717) is 5.54 Å². The molecular formula is C51H59Cl3SiTi. The number of benzene rings is 5. The summed E-state index contributed by atoms with van der Waals surface area (Å²) in [7, 11) is -0.918. The fourth-order valence-electron chi connectivity index (χ4n) is 7.93. The molecule has 0 aliphatic rings. The van der Waals surface area contributed by atoms with Crippen LogP contribution in [0, 0.1) is 20.8 Å². The molecule has 0 nitrogen and oxygen atoms in total. The summed E-state index contributed by atoms with van der Waals surface area (Å²) in [6.07, 6.45) is 2.09. The summed E-state index contributed by atoms with van der Waals surface area (Å²) in [5.41, 5.74) is 21.5. The molecule has 0 saturated heterocycles. The molecule has 1 unspecified atom stereocenters. The Morgan fingerprint density at radius 2 is 0.964 bits per heavy atom. The van der Waals surface area contributed by atoms with Gasteiger partial charge in [-0.05, 0) is 68.7 Å². The predicted molar refractivity (Wildman–Crippen MR) is 232 cm³/mol. The maximum atomic E-state index is 2.54. The molecule has 0 bridgehead atoms. The molecule has 0 saturated carbocycles. The van der Waals surface area contributed by atoms with Gasteiger partial charge in [0.2, 0.25) is 0 Å². The van der Waals surface area contributed by atoms with Gasteiger partial charge in [-0.2, -0.15) is 11.1 Å². The fourth-order valence-corrected chi connectivity index (χ4v) is 10.3. The molecule has 0 heterocycles. The van der Waals surface area contributed by atoms with Crippen LogP contribution in [0.5, 0.6) is 0 Å². The van der Waals surface area contributed by atoms with Crippen molar-refractivity contribution < 1.29 is 58.9 Å². The first-order chi connectivity index (χ1) is 24.7. The van der Waals surface area contributed by atoms with E-state index in [4.69, 9.17) is 0 Å². The van der Waals surface area contributed by atoms with Crippen molar-refractivity contribution >= 4 is 14.7 Å². The quantitative estimate of drug-likeness (QED) is 0.154. The van der Waals surface area contributed by atoms with Gasteiger partial charge in [-0.25, -0.2) is 0 Å². The van der Waals surface area contributed by atoms with E-state index < -0.39 is 9.52 Å². The van der Waals surface area contributed by atoms with E-state index in [1.807, 2.05) is 0 Å². The van der Waals surface area contributed by atoms with Crippen LogP contribution in [0.2, 0.25) is 0 Å². The van der Waals surface area contributed by atoms with Gasteiger partial charge in [0.05, 0.1) is 9.52 Å². The summed E-state index contributed by atoms with van der Waals surface area (Å²) in [5.74, 6) is 0. The molecule has 0 aliphatic carbocycles. The van der Waals surface area contributed by atoms with Crippen LogP contribution >= 0.6 is 0 Å². The molecule has 6 rings (SSSR count). The first-order valence-electron chi connectivity index (χ1n) is 19.5. The minimum absolute atomic E-state index is 0. The van der Waals surface area contributed by atoms with E-state index in [2.05, 4.69) is 191 Å². The standard InChI is InChI=1S/C51H59Si.3ClH.Ti/c1-12-36-24-37(13-2)26-43(25-36)49(52-46-30-40(38-20-16-14-17-21-38)27-41(31-46)39-22-18-15-19-23-39)48-35(5)33(3)34(4)47(48)42-28-44(50(6,7)8)32-45(29-42)51(9,10)11;;;;/h14-32,49H,12-13,52H2,1-11H3;3*1H;/q-1;;;;+4/p-3. The number of aryl methyl sites for hydroxylation is 2. The van der Waals surface area contributed by atoms with Gasteiger partial charge in [-0.15, -0.1) is 16.7 Å². The van der Waals surface area contributed by atoms with Crippen LogP contribution in [0.25, 0.3) is 33.4 Å². The van der Waals surface area contributed by atoms with E-state index in [9.17, 15) is 0 Å². The Labute approximate surface area is 375 Å². The first kappa shape index (κ1) is 49.4. The van der Waals surface area contributed by atoms with Gasteiger partial charge in [0.15, 0.2) is 0 Å². The van der Waals surface area contributed by atoms with Gasteiger partial charge in [-0.1, -0.05) is 213 Å². The van der Waals surface area contributed by atoms with Crippen molar-refractivity contribution in [2.24, 2.45) is 0 Å². The molecule has 0 amide bonds. The van der Waals surface area contributed by atoms with Gasteiger partial charge in [-0.3, -0.25) is 0 Å². The fraction of sp³-hybridized carbons (Fsp3) is 0.314. The van der Waals surface area contributed by atoms with Crippen molar-refractivity contribution in [3.05, 3.63) is 165 Å². The number of halogens is 3. The molecular weight excluding hydrogens is 795 g/mol. The Morgan fingerprint density at radius 1 is 0.518 bits per heavy atom. The average molecular weight is 854 g/mol. The Balaban J connectivity index is 0.00000271. The van der Waals surface area contributed by atoms with Gasteiger partial charge >= 0.3 is 21.7 Å². The van der Waals surface area contributed by atoms with E-state index in [-0.39, 0.29) is 69.8 Å². The van der Waals surface area contributed by atoms with Crippen molar-refractivity contribution in [2.75, 3.05) is 0 Å². The SMILES string of the molecule is CCc1cc(CC)cc(C([SiH2]c2cc(-c3ccccc3)cc(-c3ccccc3)c2)[c-]2c(C)c(C)c(C)c2-c2cc(C(C)(C)C)cc(C(C)(C)C)c2)c1.[Cl-].[Cl-].[Cl-].[Ti+4]. The molecule has 0 fully saturated rings. The van der Waals surface area contributed by atoms with Crippen molar-refractivity contribution in [3.63, 3.8) is 0 Å². The molecule has 0 aliphatic heterocycles. The molecule has 56 heavy (non-hydrogen) atoms. The van der Waals surface area contributed by atoms with Crippen LogP contribution in [0.3, 0.4) is 0 Å². The second-order valence-corrected chi connectivity index (χ2v) is 19.2. The van der Waals surface area contributed by atoms with Gasteiger partial charge in [0.25, 0.3) is 0 Å². The molecule has 5 heteroatoms. The van der Waals surface area contributed by atoms with Crippen LogP contribution in [-0.2, 0) is 45.4 Å². The van der Waals surface area contributed by atoms with Crippen LogP contribution < -0.4 is 42.4 Å². The molecule has 0 spiro atoms. The Hall–Kier alpha value is -2.75. The summed E-state index contributed by atoms with van der Waals surface area (Å²) in [5, 5.41) is 1.51. The van der Waals surface area contributed by atoms with E-state index in [0.717, 1.165) is 12.8 Å². The van der Waals surface area contributed by atoms with E-state index in [1.54, 1.807) is 5.56 Å². The summed E-state index contributed by atoms with van der Waals surface area (Å²) in [6.45, 7) is 25.9. The Kier molecular flexibility index (Phi) is 17.9. The number of hydrogen-bond donors (Lipinski definition) is 0. The van der Waals surface area contributed by atoms with Crippen molar-refractivity contribution in [2.45, 2.75) is 105 Å². The maximum Gasteiger partial charge on any atom is 4.00 e. The molecule has 292 valence electrons. The van der Waals surface area contributed by atoms with Crippen LogP contribution in [-0.4, -0.2) is 9.52 Å². The van der Waals surface area contributed by atoms with E-state index >= 15 is 0 Å². The summed E-state index contributed by atoms with van der Waals surface area (Å²) in [4.78, 5) is 0. The van der Waals surface area contributed by atoms with Crippen LogP contribution in [0.4, 0.5) is 0 Å². The number of rotatable bonds is 9. The minimum atomic E-state index is -0.918. The van der Waals surface area contributed by atoms with E-state index in [1.165, 1.54) is 83.1 Å². The summed E-state index contributed by atoms with van der Waals surface area (Å²) < 4.78 is 0. The largest absolute Gasteiger partial charge is 4.00 e. The Morgan fingerprint density at radius 3 is 1.38 bits per heavy atom. The normalized spacial score (nSPS) is 12.0. The Bertz CT molecular complexity index is 2080. The van der Waals surface area contributed by atoms with Gasteiger partial charge in [0.1, 0.15) is 0 Å². The first-order valence-corrected chi connectivity index (χ1v) is 21.0. The zero-order valence-electron chi connectivity index (χ0n) is 35.3. The molecule has 6 aromatic carbocycles. The van der Waals surface area contributed by atoms with Gasteiger partial charge < -0.3 is 37.2 Å². The average Bonchev–Trinajstić information content (AvgIpc) is 3.36. The smallest absolute Gasteiger partial charge is 1.00 e. The molecule has 0 radical (unpaired) electrons. The molecule has 0 N–H and O–H groups in total. The third-order valence-electron chi connectivity index (χ3n) is 11.4. The van der Waals surface area contributed by atoms with Crippen LogP contribution in [0.1, 0.15) is 111 Å². The predicted octanol–water partition coefficient (Wildman–Crippen LogP) is 3.64. The topological polar surface area (TPSA) is 0 Å². The monoisotopic (exact) mass is 852 g/mol. The zero-order chi connectivity index (χ0) is 37.4. The maximum absolute atomic E-state index is 2.54. The summed E-state index contributed by atoms with van der Waals surface area (Å²) >= 11 is 0. The zero-order valence-corrected chi connectivity index (χ0v) is 40.5. The number of hydrogen-bond acceptors (Lipinski definition) is 0. The molecule has 1 atom stereocenters. The minimum Gasteiger partial charge on any atom is -1.00 e. The second kappa shape index (κ2) is 20.3. The molecule has 0 aromatic heterocycles. The summed E-state index contributed by atoms with van der Waals surface area (Å²) in [6, 6.07) is 44.4.